The number of hydrogen-bond donors (Lipinski definition) is 2. The molecule has 1 aromatic carbocycles. The molecule has 2 N–H and O–H groups in total. The molecule has 2 fully saturated rings. The zero-order valence-electron chi connectivity index (χ0n) is 17.2. The highest BCUT2D eigenvalue weighted by atomic mass is 16.5. The first-order chi connectivity index (χ1) is 14.1. The summed E-state index contributed by atoms with van der Waals surface area (Å²) >= 11 is 0. The van der Waals surface area contributed by atoms with Gasteiger partial charge in [0.2, 0.25) is 5.91 Å². The highest BCUT2D eigenvalue weighted by molar-refractivity contribution is 5.95. The highest BCUT2D eigenvalue weighted by Crippen LogP contribution is 2.33. The summed E-state index contributed by atoms with van der Waals surface area (Å²) in [6.07, 6.45) is 5.52. The highest BCUT2D eigenvalue weighted by Gasteiger charge is 2.46. The lowest BCUT2D eigenvalue weighted by atomic mass is 9.86. The van der Waals surface area contributed by atoms with E-state index < -0.39 is 5.41 Å². The first-order valence-electron chi connectivity index (χ1n) is 10.7. The van der Waals surface area contributed by atoms with E-state index in [2.05, 4.69) is 17.6 Å². The Bertz CT molecular complexity index is 785. The zero-order chi connectivity index (χ0) is 20.3. The fourth-order valence-corrected chi connectivity index (χ4v) is 4.75. The predicted molar refractivity (Wildman–Crippen MR) is 112 cm³/mol. The second-order valence-corrected chi connectivity index (χ2v) is 8.71. The van der Waals surface area contributed by atoms with Crippen molar-refractivity contribution in [2.45, 2.75) is 19.8 Å². The maximum Gasteiger partial charge on any atom is 0.251 e. The van der Waals surface area contributed by atoms with Crippen LogP contribution in [0, 0.1) is 17.3 Å². The Labute approximate surface area is 172 Å². The van der Waals surface area contributed by atoms with Gasteiger partial charge in [0, 0.05) is 31.7 Å². The normalized spacial score (nSPS) is 32.2. The minimum atomic E-state index is -0.463. The molecule has 6 nitrogen and oxygen atoms in total. The molecular formula is C23H31N3O3. The van der Waals surface area contributed by atoms with Crippen LogP contribution in [0.25, 0.3) is 0 Å². The van der Waals surface area contributed by atoms with Crippen LogP contribution in [0.4, 0.5) is 0 Å². The monoisotopic (exact) mass is 397 g/mol. The summed E-state index contributed by atoms with van der Waals surface area (Å²) < 4.78 is 5.93. The van der Waals surface area contributed by atoms with E-state index in [1.807, 2.05) is 41.3 Å². The summed E-state index contributed by atoms with van der Waals surface area (Å²) in [5.41, 5.74) is 1.27. The smallest absolute Gasteiger partial charge is 0.251 e. The summed E-state index contributed by atoms with van der Waals surface area (Å²) in [6.45, 7) is 6.66. The molecule has 0 aromatic heterocycles. The van der Waals surface area contributed by atoms with Gasteiger partial charge in [-0.15, -0.1) is 0 Å². The van der Waals surface area contributed by atoms with Crippen LogP contribution in [0.1, 0.15) is 29.3 Å². The van der Waals surface area contributed by atoms with Gasteiger partial charge >= 0.3 is 0 Å². The van der Waals surface area contributed by atoms with E-state index in [9.17, 15) is 9.59 Å². The van der Waals surface area contributed by atoms with Crippen molar-refractivity contribution < 1.29 is 14.3 Å². The quantitative estimate of drug-likeness (QED) is 0.653. The van der Waals surface area contributed by atoms with Crippen molar-refractivity contribution in [3.63, 3.8) is 0 Å². The van der Waals surface area contributed by atoms with Crippen LogP contribution < -0.4 is 10.6 Å². The maximum absolute atomic E-state index is 13.4. The fraction of sp³-hybridized carbons (Fsp3) is 0.565. The number of benzene rings is 1. The standard InChI is InChI=1S/C23H31N3O3/c1-17-13-26-14-19(17)12-25-21(27)20-8-3-2-6-18(20)7-4-5-11-29-16-23(22(26)28)9-10-24-15-23/h2-6,8,17,19,24H,7,9-16H2,1H3,(H,25,27)/b5-4-/t17-,19-,23?/m1/s1. The number of allylic oxidation sites excluding steroid dienone is 1. The number of nitrogens with zero attached hydrogens (tertiary/aromatic N) is 1. The van der Waals surface area contributed by atoms with Crippen molar-refractivity contribution in [3.05, 3.63) is 47.5 Å². The van der Waals surface area contributed by atoms with Crippen molar-refractivity contribution in [2.75, 3.05) is 45.9 Å². The van der Waals surface area contributed by atoms with Gasteiger partial charge in [-0.25, -0.2) is 0 Å². The average Bonchev–Trinajstić information content (AvgIpc) is 3.35. The molecule has 3 heterocycles. The molecule has 3 aliphatic heterocycles. The van der Waals surface area contributed by atoms with Gasteiger partial charge in [0.15, 0.2) is 0 Å². The van der Waals surface area contributed by atoms with Gasteiger partial charge in [0.1, 0.15) is 0 Å². The number of amides is 2. The van der Waals surface area contributed by atoms with Gasteiger partial charge in [-0.3, -0.25) is 9.59 Å². The van der Waals surface area contributed by atoms with E-state index in [1.165, 1.54) is 0 Å². The number of carbonyl (C=O) groups is 2. The zero-order valence-corrected chi connectivity index (χ0v) is 17.2. The van der Waals surface area contributed by atoms with Crippen molar-refractivity contribution in [1.82, 2.24) is 15.5 Å². The van der Waals surface area contributed by atoms with Gasteiger partial charge in [0.05, 0.1) is 18.6 Å². The molecule has 0 saturated carbocycles. The third kappa shape index (κ3) is 4.23. The lowest BCUT2D eigenvalue weighted by Crippen LogP contribution is -2.47. The second-order valence-electron chi connectivity index (χ2n) is 8.71. The van der Waals surface area contributed by atoms with Gasteiger partial charge < -0.3 is 20.3 Å². The van der Waals surface area contributed by atoms with Crippen molar-refractivity contribution in [3.8, 4) is 0 Å². The van der Waals surface area contributed by atoms with Crippen LogP contribution in [0.5, 0.6) is 0 Å². The third-order valence-electron chi connectivity index (χ3n) is 6.64. The number of hydrogen-bond acceptors (Lipinski definition) is 4. The molecule has 0 radical (unpaired) electrons. The Kier molecular flexibility index (Phi) is 6.01. The molecule has 1 spiro atoms. The summed E-state index contributed by atoms with van der Waals surface area (Å²) in [4.78, 5) is 28.2. The molecule has 3 aliphatic rings. The van der Waals surface area contributed by atoms with Gasteiger partial charge in [-0.05, 0) is 42.9 Å². The largest absolute Gasteiger partial charge is 0.376 e. The summed E-state index contributed by atoms with van der Waals surface area (Å²) in [5.74, 6) is 0.796. The molecule has 0 aliphatic carbocycles. The molecule has 156 valence electrons. The number of nitrogens with one attached hydrogen (secondary N) is 2. The molecule has 2 saturated heterocycles. The maximum atomic E-state index is 13.4. The third-order valence-corrected chi connectivity index (χ3v) is 6.64. The van der Waals surface area contributed by atoms with Gasteiger partial charge in [0.25, 0.3) is 5.91 Å². The second kappa shape index (κ2) is 8.67. The van der Waals surface area contributed by atoms with E-state index >= 15 is 0 Å². The van der Waals surface area contributed by atoms with E-state index in [-0.39, 0.29) is 17.7 Å². The topological polar surface area (TPSA) is 70.7 Å². The van der Waals surface area contributed by atoms with E-state index in [0.29, 0.717) is 45.2 Å². The Balaban J connectivity index is 1.57. The summed E-state index contributed by atoms with van der Waals surface area (Å²) in [6, 6.07) is 7.75. The average molecular weight is 398 g/mol. The Morgan fingerprint density at radius 3 is 2.86 bits per heavy atom. The molecule has 29 heavy (non-hydrogen) atoms. The van der Waals surface area contributed by atoms with Gasteiger partial charge in [-0.1, -0.05) is 37.3 Å². The van der Waals surface area contributed by atoms with Crippen molar-refractivity contribution >= 4 is 11.8 Å². The molecule has 6 heteroatoms. The number of rotatable bonds is 0. The molecular weight excluding hydrogens is 366 g/mol. The molecule has 2 amide bonds. The van der Waals surface area contributed by atoms with Crippen LogP contribution >= 0.6 is 0 Å². The summed E-state index contributed by atoms with van der Waals surface area (Å²) in [7, 11) is 0. The minimum Gasteiger partial charge on any atom is -0.376 e. The molecule has 3 atom stereocenters. The fourth-order valence-electron chi connectivity index (χ4n) is 4.75. The van der Waals surface area contributed by atoms with Crippen molar-refractivity contribution in [2.24, 2.45) is 17.3 Å². The van der Waals surface area contributed by atoms with E-state index in [1.54, 1.807) is 0 Å². The van der Waals surface area contributed by atoms with Crippen molar-refractivity contribution in [1.29, 1.82) is 0 Å². The first kappa shape index (κ1) is 20.1. The number of carbonyl (C=O) groups excluding carboxylic acids is 2. The van der Waals surface area contributed by atoms with Crippen LogP contribution in [0.2, 0.25) is 0 Å². The molecule has 1 unspecified atom stereocenters. The molecule has 1 aromatic rings. The van der Waals surface area contributed by atoms with Crippen LogP contribution in [-0.2, 0) is 16.0 Å². The lowest BCUT2D eigenvalue weighted by molar-refractivity contribution is -0.143. The predicted octanol–water partition coefficient (Wildman–Crippen LogP) is 1.62. The Hall–Kier alpha value is -2.18. The minimum absolute atomic E-state index is 0.0363. The van der Waals surface area contributed by atoms with Crippen LogP contribution in [0.15, 0.2) is 36.4 Å². The molecule has 2 bridgehead atoms. The first-order valence-corrected chi connectivity index (χ1v) is 10.7. The number of ether oxygens (including phenoxy) is 1. The van der Waals surface area contributed by atoms with Crippen LogP contribution in [-0.4, -0.2) is 62.7 Å². The summed E-state index contributed by atoms with van der Waals surface area (Å²) in [5, 5.41) is 6.47. The Morgan fingerprint density at radius 1 is 1.17 bits per heavy atom. The SMILES string of the molecule is C[C@@H]1CN2C[C@H]1CNC(=O)c1ccccc1C/C=C\COCC1(CCNC1)C2=O. The number of fused-ring (bicyclic) bond motifs is 3. The lowest BCUT2D eigenvalue weighted by Gasteiger charge is -2.31. The molecule has 4 rings (SSSR count). The van der Waals surface area contributed by atoms with E-state index in [4.69, 9.17) is 4.74 Å². The van der Waals surface area contributed by atoms with Gasteiger partial charge in [-0.2, -0.15) is 0 Å². The van der Waals surface area contributed by atoms with Crippen LogP contribution in [0.3, 0.4) is 0 Å². The van der Waals surface area contributed by atoms with E-state index in [0.717, 1.165) is 30.6 Å². The Morgan fingerprint density at radius 2 is 2.03 bits per heavy atom.